The van der Waals surface area contributed by atoms with Gasteiger partial charge in [0.15, 0.2) is 0 Å². The van der Waals surface area contributed by atoms with Gasteiger partial charge in [0.05, 0.1) is 6.04 Å². The largest absolute Gasteiger partial charge is 0.434 e. The van der Waals surface area contributed by atoms with Gasteiger partial charge in [-0.05, 0) is 25.3 Å². The van der Waals surface area contributed by atoms with Crippen molar-refractivity contribution >= 4 is 5.91 Å². The third-order valence-electron chi connectivity index (χ3n) is 3.26. The predicted octanol–water partition coefficient (Wildman–Crippen LogP) is 2.05. The van der Waals surface area contributed by atoms with Crippen LogP contribution in [0.15, 0.2) is 24.3 Å². The van der Waals surface area contributed by atoms with Crippen LogP contribution < -0.4 is 15.4 Å². The molecular formula is C14H18F2N2O2. The van der Waals surface area contributed by atoms with Crippen molar-refractivity contribution in [1.29, 1.82) is 0 Å². The van der Waals surface area contributed by atoms with Gasteiger partial charge in [0.2, 0.25) is 5.91 Å². The molecule has 4 nitrogen and oxygen atoms in total. The summed E-state index contributed by atoms with van der Waals surface area (Å²) in [5, 5.41) is 5.93. The van der Waals surface area contributed by atoms with E-state index in [9.17, 15) is 13.6 Å². The molecular weight excluding hydrogens is 266 g/mol. The van der Waals surface area contributed by atoms with Gasteiger partial charge in [-0.15, -0.1) is 0 Å². The molecule has 0 spiro atoms. The Balaban J connectivity index is 1.97. The van der Waals surface area contributed by atoms with Crippen LogP contribution in [0.25, 0.3) is 0 Å². The first-order valence-corrected chi connectivity index (χ1v) is 6.70. The van der Waals surface area contributed by atoms with Crippen LogP contribution in [0.1, 0.15) is 24.8 Å². The highest BCUT2D eigenvalue weighted by atomic mass is 19.3. The van der Waals surface area contributed by atoms with E-state index >= 15 is 0 Å². The van der Waals surface area contributed by atoms with E-state index in [0.717, 1.165) is 19.3 Å². The van der Waals surface area contributed by atoms with E-state index in [-0.39, 0.29) is 17.7 Å². The van der Waals surface area contributed by atoms with Crippen LogP contribution in [0.2, 0.25) is 0 Å². The highest BCUT2D eigenvalue weighted by molar-refractivity contribution is 5.81. The van der Waals surface area contributed by atoms with E-state index < -0.39 is 6.61 Å². The van der Waals surface area contributed by atoms with Gasteiger partial charge in [0, 0.05) is 18.7 Å². The fourth-order valence-corrected chi connectivity index (χ4v) is 2.23. The molecule has 2 N–H and O–H groups in total. The number of halogens is 2. The maximum Gasteiger partial charge on any atom is 0.387 e. The molecule has 0 aliphatic carbocycles. The van der Waals surface area contributed by atoms with Crippen LogP contribution in [0.3, 0.4) is 0 Å². The SMILES string of the molecule is O=C1NCCCC[C@@H]1NCc1ccccc1OC(F)F. The number of hydrogen-bond donors (Lipinski definition) is 2. The van der Waals surface area contributed by atoms with Crippen molar-refractivity contribution in [2.24, 2.45) is 0 Å². The molecule has 1 aliphatic rings. The minimum Gasteiger partial charge on any atom is -0.434 e. The van der Waals surface area contributed by atoms with Crippen molar-refractivity contribution < 1.29 is 18.3 Å². The third kappa shape index (κ3) is 4.16. The second kappa shape index (κ2) is 7.19. The van der Waals surface area contributed by atoms with E-state index in [4.69, 9.17) is 0 Å². The highest BCUT2D eigenvalue weighted by Gasteiger charge is 2.20. The summed E-state index contributed by atoms with van der Waals surface area (Å²) in [5.74, 6) is 0.110. The van der Waals surface area contributed by atoms with Gasteiger partial charge in [-0.2, -0.15) is 8.78 Å². The van der Waals surface area contributed by atoms with Crippen molar-refractivity contribution in [3.63, 3.8) is 0 Å². The molecule has 1 saturated heterocycles. The van der Waals surface area contributed by atoms with Crippen LogP contribution in [-0.2, 0) is 11.3 Å². The molecule has 2 rings (SSSR count). The average molecular weight is 284 g/mol. The Kier molecular flexibility index (Phi) is 5.29. The lowest BCUT2D eigenvalue weighted by Crippen LogP contribution is -2.42. The number of alkyl halides is 2. The quantitative estimate of drug-likeness (QED) is 0.870. The zero-order valence-electron chi connectivity index (χ0n) is 11.1. The Morgan fingerprint density at radius 2 is 2.15 bits per heavy atom. The van der Waals surface area contributed by atoms with Crippen molar-refractivity contribution in [2.45, 2.75) is 38.5 Å². The highest BCUT2D eigenvalue weighted by Crippen LogP contribution is 2.20. The molecule has 0 radical (unpaired) electrons. The zero-order chi connectivity index (χ0) is 14.4. The first-order chi connectivity index (χ1) is 9.66. The Bertz CT molecular complexity index is 455. The lowest BCUT2D eigenvalue weighted by Gasteiger charge is -2.17. The molecule has 1 aliphatic heterocycles. The normalized spacial score (nSPS) is 19.6. The standard InChI is InChI=1S/C14H18F2N2O2/c15-14(16)20-12-7-2-1-5-10(12)9-18-11-6-3-4-8-17-13(11)19/h1-2,5,7,11,14,18H,3-4,6,8-9H2,(H,17,19)/t11-/m0/s1. The molecule has 6 heteroatoms. The van der Waals surface area contributed by atoms with Gasteiger partial charge in [0.25, 0.3) is 0 Å². The van der Waals surface area contributed by atoms with Crippen molar-refractivity contribution in [2.75, 3.05) is 6.54 Å². The molecule has 1 atom stereocenters. The molecule has 0 saturated carbocycles. The van der Waals surface area contributed by atoms with E-state index in [0.29, 0.717) is 18.7 Å². The Hall–Kier alpha value is -1.69. The summed E-state index contributed by atoms with van der Waals surface area (Å²) < 4.78 is 29.1. The number of rotatable bonds is 5. The van der Waals surface area contributed by atoms with Crippen molar-refractivity contribution in [1.82, 2.24) is 10.6 Å². The molecule has 1 aromatic rings. The summed E-state index contributed by atoms with van der Waals surface area (Å²) in [6, 6.07) is 6.31. The second-order valence-electron chi connectivity index (χ2n) is 4.71. The van der Waals surface area contributed by atoms with Gasteiger partial charge < -0.3 is 15.4 Å². The predicted molar refractivity (Wildman–Crippen MR) is 70.6 cm³/mol. The van der Waals surface area contributed by atoms with E-state index in [2.05, 4.69) is 15.4 Å². The minimum atomic E-state index is -2.85. The smallest absolute Gasteiger partial charge is 0.387 e. The topological polar surface area (TPSA) is 50.4 Å². The summed E-state index contributed by atoms with van der Waals surface area (Å²) in [6.45, 7) is -1.83. The van der Waals surface area contributed by atoms with Gasteiger partial charge in [-0.3, -0.25) is 4.79 Å². The zero-order valence-corrected chi connectivity index (χ0v) is 11.1. The number of carbonyl (C=O) groups is 1. The van der Waals surface area contributed by atoms with Gasteiger partial charge in [-0.25, -0.2) is 0 Å². The van der Waals surface area contributed by atoms with Crippen molar-refractivity contribution in [3.8, 4) is 5.75 Å². The second-order valence-corrected chi connectivity index (χ2v) is 4.71. The Morgan fingerprint density at radius 3 is 2.95 bits per heavy atom. The van der Waals surface area contributed by atoms with Gasteiger partial charge >= 0.3 is 6.61 Å². The first-order valence-electron chi connectivity index (χ1n) is 6.70. The number of nitrogens with one attached hydrogen (secondary N) is 2. The number of para-hydroxylation sites is 1. The number of hydrogen-bond acceptors (Lipinski definition) is 3. The molecule has 1 fully saturated rings. The van der Waals surface area contributed by atoms with Crippen molar-refractivity contribution in [3.05, 3.63) is 29.8 Å². The molecule has 0 aromatic heterocycles. The summed E-state index contributed by atoms with van der Waals surface area (Å²) >= 11 is 0. The van der Waals surface area contributed by atoms with Crippen LogP contribution in [0, 0.1) is 0 Å². The van der Waals surface area contributed by atoms with E-state index in [1.165, 1.54) is 6.07 Å². The summed E-state index contributed by atoms with van der Waals surface area (Å²) in [7, 11) is 0. The van der Waals surface area contributed by atoms with Crippen LogP contribution >= 0.6 is 0 Å². The monoisotopic (exact) mass is 284 g/mol. The number of ether oxygens (including phenoxy) is 1. The number of amides is 1. The van der Waals surface area contributed by atoms with Crippen LogP contribution in [0.5, 0.6) is 5.75 Å². The molecule has 1 heterocycles. The molecule has 110 valence electrons. The Morgan fingerprint density at radius 1 is 1.35 bits per heavy atom. The lowest BCUT2D eigenvalue weighted by atomic mass is 10.1. The number of carbonyl (C=O) groups excluding carboxylic acids is 1. The van der Waals surface area contributed by atoms with E-state index in [1.54, 1.807) is 18.2 Å². The minimum absolute atomic E-state index is 0.0326. The first kappa shape index (κ1) is 14.7. The fraction of sp³-hybridized carbons (Fsp3) is 0.500. The van der Waals surface area contributed by atoms with Crippen LogP contribution in [0.4, 0.5) is 8.78 Å². The number of benzene rings is 1. The molecule has 1 amide bonds. The maximum absolute atomic E-state index is 12.3. The summed E-state index contributed by atoms with van der Waals surface area (Å²) in [4.78, 5) is 11.8. The summed E-state index contributed by atoms with van der Waals surface area (Å²) in [5.41, 5.74) is 0.616. The molecule has 1 aromatic carbocycles. The molecule has 0 bridgehead atoms. The molecule has 0 unspecified atom stereocenters. The van der Waals surface area contributed by atoms with Gasteiger partial charge in [0.1, 0.15) is 5.75 Å². The lowest BCUT2D eigenvalue weighted by molar-refractivity contribution is -0.122. The summed E-state index contributed by atoms with van der Waals surface area (Å²) in [6.07, 6.45) is 2.68. The Labute approximate surface area is 116 Å². The molecule has 20 heavy (non-hydrogen) atoms. The van der Waals surface area contributed by atoms with Gasteiger partial charge in [-0.1, -0.05) is 18.2 Å². The maximum atomic E-state index is 12.3. The third-order valence-corrected chi connectivity index (χ3v) is 3.26. The fourth-order valence-electron chi connectivity index (χ4n) is 2.23. The average Bonchev–Trinajstić information content (AvgIpc) is 2.62. The van der Waals surface area contributed by atoms with E-state index in [1.807, 2.05) is 0 Å². The van der Waals surface area contributed by atoms with Crippen LogP contribution in [-0.4, -0.2) is 25.1 Å².